The van der Waals surface area contributed by atoms with Gasteiger partial charge in [-0.15, -0.1) is 0 Å². The van der Waals surface area contributed by atoms with E-state index in [-0.39, 0.29) is 11.5 Å². The van der Waals surface area contributed by atoms with Gasteiger partial charge in [-0.2, -0.15) is 0 Å². The van der Waals surface area contributed by atoms with Gasteiger partial charge in [-0.05, 0) is 29.3 Å². The van der Waals surface area contributed by atoms with Gasteiger partial charge < -0.3 is 0 Å². The maximum atomic E-state index is 11.2. The van der Waals surface area contributed by atoms with Crippen molar-refractivity contribution in [1.82, 2.24) is 0 Å². The number of benzene rings is 1. The van der Waals surface area contributed by atoms with Crippen LogP contribution in [0.25, 0.3) is 6.08 Å². The molecule has 1 aliphatic rings. The predicted molar refractivity (Wildman–Crippen MR) is 69.0 cm³/mol. The van der Waals surface area contributed by atoms with Crippen molar-refractivity contribution in [1.29, 1.82) is 0 Å². The number of hydrogen-bond donors (Lipinski definition) is 0. The maximum absolute atomic E-state index is 11.2. The lowest BCUT2D eigenvalue weighted by molar-refractivity contribution is -0.384. The van der Waals surface area contributed by atoms with E-state index < -0.39 is 4.92 Å². The summed E-state index contributed by atoms with van der Waals surface area (Å²) in [5.74, 6) is 0.0841. The lowest BCUT2D eigenvalue weighted by Gasteiger charge is -2.00. The van der Waals surface area contributed by atoms with Gasteiger partial charge in [-0.3, -0.25) is 14.9 Å². The summed E-state index contributed by atoms with van der Waals surface area (Å²) in [7, 11) is 0. The van der Waals surface area contributed by atoms with E-state index in [1.807, 2.05) is 24.3 Å². The molecule has 0 saturated heterocycles. The van der Waals surface area contributed by atoms with Gasteiger partial charge in [-0.25, -0.2) is 0 Å². The van der Waals surface area contributed by atoms with Crippen LogP contribution < -0.4 is 0 Å². The van der Waals surface area contributed by atoms with Crippen molar-refractivity contribution >= 4 is 17.5 Å². The third kappa shape index (κ3) is 3.01. The zero-order valence-electron chi connectivity index (χ0n) is 9.58. The van der Waals surface area contributed by atoms with Gasteiger partial charge in [0.05, 0.1) is 4.92 Å². The number of non-ortho nitro benzene ring substituents is 1. The van der Waals surface area contributed by atoms with Crippen molar-refractivity contribution < 1.29 is 9.72 Å². The summed E-state index contributed by atoms with van der Waals surface area (Å²) in [6.45, 7) is 0. The van der Waals surface area contributed by atoms with Crippen molar-refractivity contribution in [2.45, 2.75) is 6.42 Å². The van der Waals surface area contributed by atoms with Crippen LogP contribution >= 0.6 is 0 Å². The Balaban J connectivity index is 2.12. The maximum Gasteiger partial charge on any atom is 0.269 e. The van der Waals surface area contributed by atoms with Gasteiger partial charge in [0.1, 0.15) is 0 Å². The lowest BCUT2D eigenvalue weighted by atomic mass is 10.0. The van der Waals surface area contributed by atoms with Crippen molar-refractivity contribution in [2.75, 3.05) is 0 Å². The summed E-state index contributed by atoms with van der Waals surface area (Å²) < 4.78 is 0. The van der Waals surface area contributed by atoms with Crippen LogP contribution in [0.5, 0.6) is 0 Å². The van der Waals surface area contributed by atoms with Gasteiger partial charge in [0.25, 0.3) is 5.69 Å². The van der Waals surface area contributed by atoms with Crippen molar-refractivity contribution in [3.05, 3.63) is 69.8 Å². The first-order valence-corrected chi connectivity index (χ1v) is 5.49. The van der Waals surface area contributed by atoms with E-state index in [4.69, 9.17) is 0 Å². The fourth-order valence-electron chi connectivity index (χ4n) is 1.61. The monoisotopic (exact) mass is 241 g/mol. The zero-order chi connectivity index (χ0) is 13.0. The molecule has 0 saturated carbocycles. The van der Waals surface area contributed by atoms with E-state index in [0.717, 1.165) is 11.1 Å². The molecular formula is C14H11NO3. The molecular weight excluding hydrogens is 230 g/mol. The molecule has 1 aliphatic carbocycles. The molecule has 0 fully saturated rings. The molecule has 0 unspecified atom stereocenters. The zero-order valence-corrected chi connectivity index (χ0v) is 9.58. The molecule has 2 rings (SSSR count). The van der Waals surface area contributed by atoms with Crippen molar-refractivity contribution in [3.8, 4) is 0 Å². The van der Waals surface area contributed by atoms with Crippen LogP contribution in [0.4, 0.5) is 5.69 Å². The average Bonchev–Trinajstić information content (AvgIpc) is 2.37. The number of nitrogens with zero attached hydrogens (tertiary/aromatic N) is 1. The fourth-order valence-corrected chi connectivity index (χ4v) is 1.61. The quantitative estimate of drug-likeness (QED) is 0.603. The molecule has 4 heteroatoms. The molecule has 0 spiro atoms. The molecule has 90 valence electrons. The Morgan fingerprint density at radius 1 is 1.17 bits per heavy atom. The second kappa shape index (κ2) is 5.23. The highest BCUT2D eigenvalue weighted by molar-refractivity contribution is 5.93. The molecule has 0 bridgehead atoms. The van der Waals surface area contributed by atoms with Crippen LogP contribution in [0.15, 0.2) is 54.1 Å². The summed E-state index contributed by atoms with van der Waals surface area (Å²) in [6, 6.07) is 6.25. The molecule has 18 heavy (non-hydrogen) atoms. The van der Waals surface area contributed by atoms with Crippen LogP contribution in [-0.2, 0) is 4.79 Å². The minimum absolute atomic E-state index is 0.0686. The molecule has 0 aliphatic heterocycles. The standard InChI is InChI=1S/C14H11NO3/c16-14-3-1-2-12(10-14)5-4-11-6-8-13(9-7-11)15(17)18/h1-2,4-10H,3H2. The minimum atomic E-state index is -0.432. The Hall–Kier alpha value is -2.49. The number of hydrogen-bond acceptors (Lipinski definition) is 3. The second-order valence-corrected chi connectivity index (χ2v) is 3.90. The van der Waals surface area contributed by atoms with E-state index in [1.54, 1.807) is 18.2 Å². The summed E-state index contributed by atoms with van der Waals surface area (Å²) in [6.07, 6.45) is 9.37. The Morgan fingerprint density at radius 3 is 2.50 bits per heavy atom. The van der Waals surface area contributed by atoms with E-state index >= 15 is 0 Å². The normalized spacial score (nSPS) is 14.9. The van der Waals surface area contributed by atoms with Gasteiger partial charge in [-0.1, -0.05) is 24.3 Å². The largest absolute Gasteiger partial charge is 0.294 e. The predicted octanol–water partition coefficient (Wildman–Crippen LogP) is 3.06. The Labute approximate surface area is 104 Å². The Morgan fingerprint density at radius 2 is 1.89 bits per heavy atom. The number of nitro benzene ring substituents is 1. The third-order valence-corrected chi connectivity index (χ3v) is 2.53. The van der Waals surface area contributed by atoms with Crippen molar-refractivity contribution in [3.63, 3.8) is 0 Å². The third-order valence-electron chi connectivity index (χ3n) is 2.53. The highest BCUT2D eigenvalue weighted by Crippen LogP contribution is 2.15. The molecule has 0 aromatic heterocycles. The van der Waals surface area contributed by atoms with Crippen molar-refractivity contribution in [2.24, 2.45) is 0 Å². The molecule has 0 radical (unpaired) electrons. The average molecular weight is 241 g/mol. The summed E-state index contributed by atoms with van der Waals surface area (Å²) in [5.41, 5.74) is 1.76. The minimum Gasteiger partial charge on any atom is -0.294 e. The molecule has 1 aromatic rings. The lowest BCUT2D eigenvalue weighted by Crippen LogP contribution is -1.95. The van der Waals surface area contributed by atoms with E-state index in [2.05, 4.69) is 0 Å². The smallest absolute Gasteiger partial charge is 0.269 e. The number of ketones is 1. The topological polar surface area (TPSA) is 60.2 Å². The van der Waals surface area contributed by atoms with Crippen LogP contribution in [0.1, 0.15) is 12.0 Å². The van der Waals surface area contributed by atoms with Crippen LogP contribution in [0.2, 0.25) is 0 Å². The highest BCUT2D eigenvalue weighted by atomic mass is 16.6. The molecule has 0 amide bonds. The molecule has 4 nitrogen and oxygen atoms in total. The SMILES string of the molecule is O=C1C=C(C=Cc2ccc([N+](=O)[O-])cc2)C=CC1. The number of rotatable bonds is 3. The fraction of sp³-hybridized carbons (Fsp3) is 0.0714. The molecule has 0 atom stereocenters. The van der Waals surface area contributed by atoms with Gasteiger partial charge in [0, 0.05) is 18.6 Å². The number of nitro groups is 1. The molecule has 1 aromatic carbocycles. The van der Waals surface area contributed by atoms with Crippen LogP contribution in [0, 0.1) is 10.1 Å². The summed E-state index contributed by atoms with van der Waals surface area (Å²) in [4.78, 5) is 21.2. The number of carbonyl (C=O) groups excluding carboxylic acids is 1. The van der Waals surface area contributed by atoms with Gasteiger partial charge in [0.15, 0.2) is 5.78 Å². The second-order valence-electron chi connectivity index (χ2n) is 3.90. The van der Waals surface area contributed by atoms with E-state index in [9.17, 15) is 14.9 Å². The first-order chi connectivity index (χ1) is 8.65. The van der Waals surface area contributed by atoms with Crippen LogP contribution in [-0.4, -0.2) is 10.7 Å². The Bertz CT molecular complexity index is 565. The van der Waals surface area contributed by atoms with E-state index in [1.165, 1.54) is 12.1 Å². The van der Waals surface area contributed by atoms with Crippen LogP contribution in [0.3, 0.4) is 0 Å². The number of carbonyl (C=O) groups is 1. The summed E-state index contributed by atoms with van der Waals surface area (Å²) in [5, 5.41) is 10.5. The summed E-state index contributed by atoms with van der Waals surface area (Å²) >= 11 is 0. The number of allylic oxidation sites excluding steroid dienone is 5. The molecule has 0 heterocycles. The first-order valence-electron chi connectivity index (χ1n) is 5.49. The first kappa shape index (κ1) is 12.0. The molecule has 0 N–H and O–H groups in total. The van der Waals surface area contributed by atoms with E-state index in [0.29, 0.717) is 6.42 Å². The highest BCUT2D eigenvalue weighted by Gasteiger charge is 2.03. The Kier molecular flexibility index (Phi) is 3.48. The van der Waals surface area contributed by atoms with Gasteiger partial charge >= 0.3 is 0 Å². The van der Waals surface area contributed by atoms with Gasteiger partial charge in [0.2, 0.25) is 0 Å².